The highest BCUT2D eigenvalue weighted by atomic mass is 32.2. The number of sulfonamides is 1. The minimum Gasteiger partial charge on any atom is -0.388 e. The van der Waals surface area contributed by atoms with Crippen molar-refractivity contribution in [1.82, 2.24) is 9.62 Å². The van der Waals surface area contributed by atoms with Crippen LogP contribution >= 0.6 is 0 Å². The van der Waals surface area contributed by atoms with Gasteiger partial charge in [-0.1, -0.05) is 30.7 Å². The molecule has 0 bridgehead atoms. The lowest BCUT2D eigenvalue weighted by Crippen LogP contribution is -2.46. The second-order valence-electron chi connectivity index (χ2n) is 8.34. The van der Waals surface area contributed by atoms with Gasteiger partial charge in [0.25, 0.3) is 5.91 Å². The van der Waals surface area contributed by atoms with E-state index in [0.717, 1.165) is 31.2 Å². The van der Waals surface area contributed by atoms with Gasteiger partial charge in [0, 0.05) is 31.6 Å². The van der Waals surface area contributed by atoms with E-state index in [1.807, 2.05) is 18.2 Å². The molecule has 1 fully saturated rings. The second-order valence-corrected chi connectivity index (χ2v) is 10.3. The summed E-state index contributed by atoms with van der Waals surface area (Å²) in [4.78, 5) is 12.8. The normalized spacial score (nSPS) is 22.3. The minimum atomic E-state index is -3.51. The largest absolute Gasteiger partial charge is 0.388 e. The van der Waals surface area contributed by atoms with E-state index in [-0.39, 0.29) is 17.3 Å². The Balaban J connectivity index is 1.38. The number of fused-ring (bicyclic) bond motifs is 1. The molecule has 4 rings (SSSR count). The van der Waals surface area contributed by atoms with Crippen molar-refractivity contribution in [3.8, 4) is 0 Å². The summed E-state index contributed by atoms with van der Waals surface area (Å²) >= 11 is 0. The lowest BCUT2D eigenvalue weighted by Gasteiger charge is -2.33. The summed E-state index contributed by atoms with van der Waals surface area (Å²) in [7, 11) is -3.51. The molecule has 1 amide bonds. The van der Waals surface area contributed by atoms with Crippen molar-refractivity contribution in [1.29, 1.82) is 0 Å². The molecule has 1 aliphatic heterocycles. The fraction of sp³-hybridized carbons (Fsp3) is 0.435. The molecule has 2 N–H and O–H groups in total. The van der Waals surface area contributed by atoms with Gasteiger partial charge in [-0.05, 0) is 61.1 Å². The number of nitrogens with one attached hydrogen (secondary N) is 1. The van der Waals surface area contributed by atoms with Gasteiger partial charge >= 0.3 is 0 Å². The van der Waals surface area contributed by atoms with Crippen LogP contribution < -0.4 is 5.32 Å². The molecule has 0 spiro atoms. The van der Waals surface area contributed by atoms with Crippen LogP contribution in [0.2, 0.25) is 0 Å². The molecule has 2 aromatic rings. The lowest BCUT2D eigenvalue weighted by atomic mass is 9.80. The molecule has 0 aromatic heterocycles. The van der Waals surface area contributed by atoms with E-state index in [0.29, 0.717) is 31.5 Å². The van der Waals surface area contributed by atoms with Gasteiger partial charge in [-0.25, -0.2) is 8.42 Å². The van der Waals surface area contributed by atoms with Gasteiger partial charge in [-0.15, -0.1) is 0 Å². The molecule has 160 valence electrons. The summed E-state index contributed by atoms with van der Waals surface area (Å²) in [5.74, 6) is -0.316. The van der Waals surface area contributed by atoms with Crippen LogP contribution in [0, 0.1) is 0 Å². The minimum absolute atomic E-state index is 0.161. The number of hydrogen-bond donors (Lipinski definition) is 2. The van der Waals surface area contributed by atoms with Gasteiger partial charge in [0.2, 0.25) is 10.0 Å². The van der Waals surface area contributed by atoms with Gasteiger partial charge in [0.05, 0.1) is 10.5 Å². The number of hydrogen-bond acceptors (Lipinski definition) is 4. The topological polar surface area (TPSA) is 86.7 Å². The molecule has 2 aromatic carbocycles. The number of aliphatic hydroxyl groups is 1. The SMILES string of the molecule is O=C(NC[C@]1(O)CCc2ccccc2C1)c1ccc(S(=O)(=O)N2CCCCC2)cc1. The van der Waals surface area contributed by atoms with E-state index < -0.39 is 15.6 Å². The first-order chi connectivity index (χ1) is 14.4. The molecule has 2 aliphatic rings. The number of rotatable bonds is 5. The Labute approximate surface area is 178 Å². The van der Waals surface area contributed by atoms with Crippen molar-refractivity contribution in [3.05, 3.63) is 65.2 Å². The number of aryl methyl sites for hydroxylation is 1. The summed E-state index contributed by atoms with van der Waals surface area (Å²) in [6, 6.07) is 14.1. The van der Waals surface area contributed by atoms with Crippen molar-refractivity contribution in [2.24, 2.45) is 0 Å². The number of carbonyl (C=O) groups is 1. The summed E-state index contributed by atoms with van der Waals surface area (Å²) in [5, 5.41) is 13.7. The first-order valence-corrected chi connectivity index (χ1v) is 12.0. The van der Waals surface area contributed by atoms with Crippen LogP contribution in [0.1, 0.15) is 47.2 Å². The summed E-state index contributed by atoms with van der Waals surface area (Å²) < 4.78 is 27.0. The maximum atomic E-state index is 12.7. The van der Waals surface area contributed by atoms with Gasteiger partial charge in [0.15, 0.2) is 0 Å². The molecule has 0 radical (unpaired) electrons. The third-order valence-electron chi connectivity index (χ3n) is 6.14. The third kappa shape index (κ3) is 4.43. The highest BCUT2D eigenvalue weighted by molar-refractivity contribution is 7.89. The van der Waals surface area contributed by atoms with Crippen LogP contribution in [0.3, 0.4) is 0 Å². The molecular formula is C23H28N2O4S. The Morgan fingerprint density at radius 3 is 2.37 bits per heavy atom. The van der Waals surface area contributed by atoms with Crippen molar-refractivity contribution in [3.63, 3.8) is 0 Å². The summed E-state index contributed by atoms with van der Waals surface area (Å²) in [6.45, 7) is 1.26. The average molecular weight is 429 g/mol. The van der Waals surface area contributed by atoms with Gasteiger partial charge in [-0.2, -0.15) is 4.31 Å². The molecular weight excluding hydrogens is 400 g/mol. The Bertz CT molecular complexity index is 1010. The Kier molecular flexibility index (Phi) is 5.95. The van der Waals surface area contributed by atoms with Gasteiger partial charge in [0.1, 0.15) is 0 Å². The molecule has 1 atom stereocenters. The zero-order valence-corrected chi connectivity index (χ0v) is 17.8. The Morgan fingerprint density at radius 2 is 1.67 bits per heavy atom. The quantitative estimate of drug-likeness (QED) is 0.766. The van der Waals surface area contributed by atoms with Crippen LogP contribution in [0.15, 0.2) is 53.4 Å². The van der Waals surface area contributed by atoms with E-state index in [4.69, 9.17) is 0 Å². The number of piperidine rings is 1. The zero-order chi connectivity index (χ0) is 21.2. The zero-order valence-electron chi connectivity index (χ0n) is 17.0. The van der Waals surface area contributed by atoms with Crippen molar-refractivity contribution in [2.75, 3.05) is 19.6 Å². The van der Waals surface area contributed by atoms with Crippen LogP contribution in [0.5, 0.6) is 0 Å². The molecule has 6 nitrogen and oxygen atoms in total. The molecule has 1 aliphatic carbocycles. The first-order valence-electron chi connectivity index (χ1n) is 10.6. The predicted molar refractivity (Wildman–Crippen MR) is 115 cm³/mol. The van der Waals surface area contributed by atoms with Crippen molar-refractivity contribution >= 4 is 15.9 Å². The van der Waals surface area contributed by atoms with E-state index in [1.54, 1.807) is 0 Å². The van der Waals surface area contributed by atoms with Crippen LogP contribution in [-0.2, 0) is 22.9 Å². The predicted octanol–water partition coefficient (Wildman–Crippen LogP) is 2.51. The standard InChI is InChI=1S/C23H28N2O4S/c26-22(24-17-23(27)13-12-18-6-2-3-7-20(18)16-23)19-8-10-21(11-9-19)30(28,29)25-14-4-1-5-15-25/h2-3,6-11,27H,1,4-5,12-17H2,(H,24,26)/t23-/m0/s1. The fourth-order valence-electron chi connectivity index (χ4n) is 4.31. The number of benzene rings is 2. The summed E-state index contributed by atoms with van der Waals surface area (Å²) in [5.41, 5.74) is 1.78. The number of amides is 1. The maximum Gasteiger partial charge on any atom is 0.251 e. The average Bonchev–Trinajstić information content (AvgIpc) is 2.78. The van der Waals surface area contributed by atoms with E-state index in [2.05, 4.69) is 11.4 Å². The maximum absolute atomic E-state index is 12.7. The Morgan fingerprint density at radius 1 is 1.00 bits per heavy atom. The molecule has 0 unspecified atom stereocenters. The van der Waals surface area contributed by atoms with Gasteiger partial charge < -0.3 is 10.4 Å². The number of nitrogens with zero attached hydrogens (tertiary/aromatic N) is 1. The highest BCUT2D eigenvalue weighted by Gasteiger charge is 2.32. The highest BCUT2D eigenvalue weighted by Crippen LogP contribution is 2.28. The molecule has 1 heterocycles. The molecule has 7 heteroatoms. The summed E-state index contributed by atoms with van der Waals surface area (Å²) in [6.07, 6.45) is 4.71. The van der Waals surface area contributed by atoms with E-state index in [9.17, 15) is 18.3 Å². The monoisotopic (exact) mass is 428 g/mol. The van der Waals surface area contributed by atoms with Crippen LogP contribution in [-0.4, -0.2) is 49.0 Å². The van der Waals surface area contributed by atoms with Crippen LogP contribution in [0.25, 0.3) is 0 Å². The fourth-order valence-corrected chi connectivity index (χ4v) is 5.83. The first kappa shape index (κ1) is 21.0. The number of carbonyl (C=O) groups excluding carboxylic acids is 1. The van der Waals surface area contributed by atoms with Crippen LogP contribution in [0.4, 0.5) is 0 Å². The van der Waals surface area contributed by atoms with Crippen molar-refractivity contribution in [2.45, 2.75) is 49.0 Å². The molecule has 0 saturated carbocycles. The second kappa shape index (κ2) is 8.49. The van der Waals surface area contributed by atoms with E-state index in [1.165, 1.54) is 34.1 Å². The molecule has 30 heavy (non-hydrogen) atoms. The third-order valence-corrected chi connectivity index (χ3v) is 8.06. The van der Waals surface area contributed by atoms with Gasteiger partial charge in [-0.3, -0.25) is 4.79 Å². The molecule has 1 saturated heterocycles. The van der Waals surface area contributed by atoms with E-state index >= 15 is 0 Å². The lowest BCUT2D eigenvalue weighted by molar-refractivity contribution is 0.0260. The Hall–Kier alpha value is -2.22. The smallest absolute Gasteiger partial charge is 0.251 e. The van der Waals surface area contributed by atoms with Crippen molar-refractivity contribution < 1.29 is 18.3 Å².